The number of hydrogen-bond donors (Lipinski definition) is 1. The van der Waals surface area contributed by atoms with E-state index in [9.17, 15) is 13.2 Å². The maximum atomic E-state index is 12.7. The molecular formula is C18H24N4O3S. The second-order valence-corrected chi connectivity index (χ2v) is 8.67. The van der Waals surface area contributed by atoms with Gasteiger partial charge in [-0.1, -0.05) is 18.2 Å². The molecule has 1 aromatic heterocycles. The molecule has 26 heavy (non-hydrogen) atoms. The normalized spacial score (nSPS) is 16.7. The molecule has 0 aliphatic carbocycles. The van der Waals surface area contributed by atoms with Gasteiger partial charge in [0.25, 0.3) is 0 Å². The van der Waals surface area contributed by atoms with Crippen molar-refractivity contribution in [2.24, 2.45) is 5.92 Å². The van der Waals surface area contributed by atoms with Gasteiger partial charge in [0, 0.05) is 31.1 Å². The average Bonchev–Trinajstić information content (AvgIpc) is 3.11. The summed E-state index contributed by atoms with van der Waals surface area (Å²) in [6.07, 6.45) is 2.67. The van der Waals surface area contributed by atoms with Crippen LogP contribution in [0.2, 0.25) is 0 Å². The van der Waals surface area contributed by atoms with E-state index in [-0.39, 0.29) is 17.9 Å². The number of rotatable bonds is 5. The summed E-state index contributed by atoms with van der Waals surface area (Å²) in [6.45, 7) is 4.68. The van der Waals surface area contributed by atoms with E-state index in [0.29, 0.717) is 36.6 Å². The zero-order valence-corrected chi connectivity index (χ0v) is 15.8. The van der Waals surface area contributed by atoms with Crippen molar-refractivity contribution >= 4 is 21.7 Å². The van der Waals surface area contributed by atoms with Crippen LogP contribution in [-0.2, 0) is 14.8 Å². The number of amides is 1. The predicted octanol–water partition coefficient (Wildman–Crippen LogP) is 2.50. The van der Waals surface area contributed by atoms with E-state index in [2.05, 4.69) is 10.4 Å². The van der Waals surface area contributed by atoms with Crippen LogP contribution < -0.4 is 5.32 Å². The van der Waals surface area contributed by atoms with Gasteiger partial charge in [-0.3, -0.25) is 4.79 Å². The summed E-state index contributed by atoms with van der Waals surface area (Å²) in [4.78, 5) is 12.8. The minimum absolute atomic E-state index is 0.0795. The molecule has 2 heterocycles. The smallest absolute Gasteiger partial charge is 0.243 e. The molecule has 8 heteroatoms. The van der Waals surface area contributed by atoms with Gasteiger partial charge in [0.15, 0.2) is 0 Å². The summed E-state index contributed by atoms with van der Waals surface area (Å²) in [7, 11) is -3.49. The summed E-state index contributed by atoms with van der Waals surface area (Å²) in [5.74, 6) is 0.390. The molecule has 1 saturated heterocycles. The van der Waals surface area contributed by atoms with Crippen LogP contribution in [0.15, 0.2) is 47.5 Å². The van der Waals surface area contributed by atoms with Crippen molar-refractivity contribution in [3.05, 3.63) is 42.6 Å². The maximum Gasteiger partial charge on any atom is 0.243 e. The molecule has 3 rings (SSSR count). The molecule has 0 saturated carbocycles. The zero-order chi connectivity index (χ0) is 18.7. The van der Waals surface area contributed by atoms with Crippen LogP contribution >= 0.6 is 0 Å². The Labute approximate surface area is 154 Å². The number of sulfonamides is 1. The van der Waals surface area contributed by atoms with Crippen LogP contribution in [0.4, 0.5) is 5.82 Å². The minimum atomic E-state index is -3.49. The molecule has 2 aromatic rings. The molecule has 1 N–H and O–H groups in total. The number of nitrogens with zero attached hydrogens (tertiary/aromatic N) is 3. The quantitative estimate of drug-likeness (QED) is 0.869. The first-order valence-electron chi connectivity index (χ1n) is 8.79. The number of hydrogen-bond acceptors (Lipinski definition) is 4. The monoisotopic (exact) mass is 376 g/mol. The van der Waals surface area contributed by atoms with Gasteiger partial charge in [0.2, 0.25) is 15.9 Å². The molecule has 1 amide bonds. The Bertz CT molecular complexity index is 854. The number of carbonyl (C=O) groups excluding carboxylic acids is 1. The highest BCUT2D eigenvalue weighted by Gasteiger charge is 2.32. The molecule has 1 aromatic carbocycles. The molecular weight excluding hydrogens is 352 g/mol. The van der Waals surface area contributed by atoms with Gasteiger partial charge < -0.3 is 5.32 Å². The lowest BCUT2D eigenvalue weighted by Crippen LogP contribution is -2.41. The molecule has 0 bridgehead atoms. The number of benzene rings is 1. The van der Waals surface area contributed by atoms with Crippen molar-refractivity contribution in [3.8, 4) is 0 Å². The molecule has 1 aliphatic heterocycles. The Morgan fingerprint density at radius 3 is 2.42 bits per heavy atom. The fourth-order valence-corrected chi connectivity index (χ4v) is 4.64. The van der Waals surface area contributed by atoms with Crippen molar-refractivity contribution in [3.63, 3.8) is 0 Å². The van der Waals surface area contributed by atoms with Crippen molar-refractivity contribution < 1.29 is 13.2 Å². The van der Waals surface area contributed by atoms with Crippen molar-refractivity contribution in [2.75, 3.05) is 18.4 Å². The Kier molecular flexibility index (Phi) is 5.43. The van der Waals surface area contributed by atoms with Crippen LogP contribution in [0.25, 0.3) is 0 Å². The van der Waals surface area contributed by atoms with E-state index in [1.165, 1.54) is 4.31 Å². The Morgan fingerprint density at radius 2 is 1.81 bits per heavy atom. The molecule has 140 valence electrons. The van der Waals surface area contributed by atoms with Crippen LogP contribution in [0, 0.1) is 5.92 Å². The molecule has 0 unspecified atom stereocenters. The van der Waals surface area contributed by atoms with Gasteiger partial charge in [-0.2, -0.15) is 9.40 Å². The first kappa shape index (κ1) is 18.6. The first-order valence-corrected chi connectivity index (χ1v) is 10.2. The molecule has 0 spiro atoms. The second-order valence-electron chi connectivity index (χ2n) is 6.74. The molecule has 0 atom stereocenters. The van der Waals surface area contributed by atoms with Crippen LogP contribution in [-0.4, -0.2) is 41.5 Å². The third kappa shape index (κ3) is 3.81. The van der Waals surface area contributed by atoms with E-state index in [4.69, 9.17) is 0 Å². The van der Waals surface area contributed by atoms with Crippen molar-refractivity contribution in [2.45, 2.75) is 37.6 Å². The topological polar surface area (TPSA) is 84.3 Å². The van der Waals surface area contributed by atoms with Gasteiger partial charge in [-0.05, 0) is 38.8 Å². The van der Waals surface area contributed by atoms with E-state index in [0.717, 1.165) is 0 Å². The van der Waals surface area contributed by atoms with Crippen LogP contribution in [0.3, 0.4) is 0 Å². The van der Waals surface area contributed by atoms with Gasteiger partial charge >= 0.3 is 0 Å². The average molecular weight is 376 g/mol. The Morgan fingerprint density at radius 1 is 1.15 bits per heavy atom. The van der Waals surface area contributed by atoms with Gasteiger partial charge in [0.1, 0.15) is 5.82 Å². The summed E-state index contributed by atoms with van der Waals surface area (Å²) in [5, 5.41) is 7.13. The molecule has 1 fully saturated rings. The highest BCUT2D eigenvalue weighted by Crippen LogP contribution is 2.25. The standard InChI is InChI=1S/C18H24N4O3S/c1-14(2)22-17(8-11-19-22)20-18(23)15-9-12-21(13-10-15)26(24,25)16-6-4-3-5-7-16/h3-8,11,14-15H,9-10,12-13H2,1-2H3,(H,20,23). The van der Waals surface area contributed by atoms with Crippen molar-refractivity contribution in [1.29, 1.82) is 0 Å². The molecule has 1 aliphatic rings. The zero-order valence-electron chi connectivity index (χ0n) is 15.0. The second kappa shape index (κ2) is 7.59. The van der Waals surface area contributed by atoms with E-state index >= 15 is 0 Å². The van der Waals surface area contributed by atoms with Crippen molar-refractivity contribution in [1.82, 2.24) is 14.1 Å². The van der Waals surface area contributed by atoms with Gasteiger partial charge in [-0.25, -0.2) is 13.1 Å². The fourth-order valence-electron chi connectivity index (χ4n) is 3.15. The highest BCUT2D eigenvalue weighted by atomic mass is 32.2. The lowest BCUT2D eigenvalue weighted by atomic mass is 9.97. The maximum absolute atomic E-state index is 12.7. The lowest BCUT2D eigenvalue weighted by Gasteiger charge is -2.30. The van der Waals surface area contributed by atoms with Crippen LogP contribution in [0.1, 0.15) is 32.7 Å². The number of anilines is 1. The summed E-state index contributed by atoms with van der Waals surface area (Å²) < 4.78 is 28.5. The van der Waals surface area contributed by atoms with E-state index < -0.39 is 10.0 Å². The summed E-state index contributed by atoms with van der Waals surface area (Å²) in [6, 6.07) is 10.3. The molecule has 0 radical (unpaired) electrons. The number of aromatic nitrogens is 2. The van der Waals surface area contributed by atoms with Gasteiger partial charge in [0.05, 0.1) is 11.1 Å². The fraction of sp³-hybridized carbons (Fsp3) is 0.444. The SMILES string of the molecule is CC(C)n1nccc1NC(=O)C1CCN(S(=O)(=O)c2ccccc2)CC1. The lowest BCUT2D eigenvalue weighted by molar-refractivity contribution is -0.121. The van der Waals surface area contributed by atoms with Gasteiger partial charge in [-0.15, -0.1) is 0 Å². The molecule has 7 nitrogen and oxygen atoms in total. The van der Waals surface area contributed by atoms with Crippen LogP contribution in [0.5, 0.6) is 0 Å². The van der Waals surface area contributed by atoms with E-state index in [1.54, 1.807) is 47.3 Å². The number of carbonyl (C=O) groups is 1. The minimum Gasteiger partial charge on any atom is -0.311 e. The summed E-state index contributed by atoms with van der Waals surface area (Å²) in [5.41, 5.74) is 0. The van der Waals surface area contributed by atoms with E-state index in [1.807, 2.05) is 13.8 Å². The predicted molar refractivity (Wildman–Crippen MR) is 99.2 cm³/mol. The third-order valence-corrected chi connectivity index (χ3v) is 6.53. The Balaban J connectivity index is 1.61. The highest BCUT2D eigenvalue weighted by molar-refractivity contribution is 7.89. The largest absolute Gasteiger partial charge is 0.311 e. The number of nitrogens with one attached hydrogen (secondary N) is 1. The third-order valence-electron chi connectivity index (χ3n) is 4.62. The Hall–Kier alpha value is -2.19. The number of piperidine rings is 1. The first-order chi connectivity index (χ1) is 12.4. The summed E-state index contributed by atoms with van der Waals surface area (Å²) >= 11 is 0.